The van der Waals surface area contributed by atoms with E-state index in [9.17, 15) is 9.59 Å². The first-order chi connectivity index (χ1) is 18.4. The van der Waals surface area contributed by atoms with Crippen LogP contribution in [0.4, 0.5) is 0 Å². The van der Waals surface area contributed by atoms with Crippen LogP contribution in [0.15, 0.2) is 91.0 Å². The summed E-state index contributed by atoms with van der Waals surface area (Å²) in [6.07, 6.45) is -1.39. The summed E-state index contributed by atoms with van der Waals surface area (Å²) in [6.45, 7) is 13.1. The summed E-state index contributed by atoms with van der Waals surface area (Å²) >= 11 is 0. The van der Waals surface area contributed by atoms with Crippen molar-refractivity contribution in [3.8, 4) is 0 Å². The van der Waals surface area contributed by atoms with E-state index in [1.807, 2.05) is 139 Å². The van der Waals surface area contributed by atoms with E-state index in [4.69, 9.17) is 9.47 Å². The lowest BCUT2D eigenvalue weighted by molar-refractivity contribution is -0.158. The van der Waals surface area contributed by atoms with E-state index < -0.39 is 23.0 Å². The van der Waals surface area contributed by atoms with Gasteiger partial charge in [0, 0.05) is 16.7 Å². The molecular formula is C35H38O4. The van der Waals surface area contributed by atoms with Crippen LogP contribution in [-0.2, 0) is 19.1 Å². The molecule has 0 saturated heterocycles. The Balaban J connectivity index is 1.94. The molecule has 0 fully saturated rings. The topological polar surface area (TPSA) is 52.6 Å². The van der Waals surface area contributed by atoms with Gasteiger partial charge in [0.25, 0.3) is 0 Å². The van der Waals surface area contributed by atoms with E-state index in [-0.39, 0.29) is 11.9 Å². The Labute approximate surface area is 232 Å². The number of hydrogen-bond acceptors (Lipinski definition) is 4. The van der Waals surface area contributed by atoms with Gasteiger partial charge >= 0.3 is 11.9 Å². The quantitative estimate of drug-likeness (QED) is 0.238. The van der Waals surface area contributed by atoms with Gasteiger partial charge in [-0.3, -0.25) is 9.59 Å². The van der Waals surface area contributed by atoms with Gasteiger partial charge in [0.2, 0.25) is 0 Å². The average molecular weight is 523 g/mol. The maximum absolute atomic E-state index is 13.3. The van der Waals surface area contributed by atoms with Gasteiger partial charge in [-0.2, -0.15) is 0 Å². The second-order valence-electron chi connectivity index (χ2n) is 12.2. The van der Waals surface area contributed by atoms with Gasteiger partial charge in [0.15, 0.2) is 12.2 Å². The van der Waals surface area contributed by atoms with Crippen molar-refractivity contribution in [1.29, 1.82) is 0 Å². The molecule has 0 heterocycles. The lowest BCUT2D eigenvalue weighted by Crippen LogP contribution is -2.28. The minimum atomic E-state index is -0.708. The van der Waals surface area contributed by atoms with Gasteiger partial charge in [-0.1, -0.05) is 96.6 Å². The van der Waals surface area contributed by atoms with Crippen molar-refractivity contribution in [3.63, 3.8) is 0 Å². The van der Waals surface area contributed by atoms with Crippen LogP contribution in [0.2, 0.25) is 0 Å². The van der Waals surface area contributed by atoms with Crippen LogP contribution in [0.5, 0.6) is 0 Å². The molecule has 4 nitrogen and oxygen atoms in total. The second kappa shape index (κ2) is 11.1. The van der Waals surface area contributed by atoms with Crippen LogP contribution >= 0.6 is 0 Å². The second-order valence-corrected chi connectivity index (χ2v) is 12.2. The third kappa shape index (κ3) is 6.39. The molecular weight excluding hydrogens is 484 g/mol. The molecule has 0 amide bonds. The van der Waals surface area contributed by atoms with E-state index in [2.05, 4.69) is 0 Å². The molecule has 0 aromatic heterocycles. The highest BCUT2D eigenvalue weighted by atomic mass is 16.6. The van der Waals surface area contributed by atoms with Crippen LogP contribution in [0.1, 0.15) is 81.6 Å². The Morgan fingerprint density at radius 3 is 1.62 bits per heavy atom. The Morgan fingerprint density at radius 2 is 1.03 bits per heavy atom. The zero-order valence-corrected chi connectivity index (χ0v) is 23.9. The molecule has 4 aromatic rings. The van der Waals surface area contributed by atoms with E-state index >= 15 is 0 Å². The van der Waals surface area contributed by atoms with Gasteiger partial charge in [0.05, 0.1) is 10.8 Å². The Morgan fingerprint density at radius 1 is 0.564 bits per heavy atom. The summed E-state index contributed by atoms with van der Waals surface area (Å²) in [5, 5.41) is 2.05. The monoisotopic (exact) mass is 522 g/mol. The number of aryl methyl sites for hydroxylation is 1. The molecule has 0 bridgehead atoms. The van der Waals surface area contributed by atoms with E-state index in [1.54, 1.807) is 0 Å². The first-order valence-corrected chi connectivity index (χ1v) is 13.4. The molecule has 0 aliphatic rings. The van der Waals surface area contributed by atoms with Crippen molar-refractivity contribution in [2.45, 2.75) is 60.7 Å². The van der Waals surface area contributed by atoms with Crippen molar-refractivity contribution in [3.05, 3.63) is 119 Å². The average Bonchev–Trinajstić information content (AvgIpc) is 2.89. The highest BCUT2D eigenvalue weighted by molar-refractivity contribution is 5.87. The zero-order chi connectivity index (χ0) is 28.4. The number of esters is 2. The summed E-state index contributed by atoms with van der Waals surface area (Å²) in [4.78, 5) is 26.6. The molecule has 2 atom stereocenters. The van der Waals surface area contributed by atoms with E-state index in [0.29, 0.717) is 0 Å². The Hall–Kier alpha value is -3.92. The fourth-order valence-electron chi connectivity index (χ4n) is 4.38. The predicted molar refractivity (Wildman–Crippen MR) is 156 cm³/mol. The Bertz CT molecular complexity index is 1460. The molecule has 0 saturated carbocycles. The molecule has 4 heteroatoms. The number of carbonyl (C=O) groups is 2. The number of rotatable bonds is 6. The van der Waals surface area contributed by atoms with Gasteiger partial charge < -0.3 is 9.47 Å². The molecule has 0 radical (unpaired) electrons. The maximum Gasteiger partial charge on any atom is 0.312 e. The Kier molecular flexibility index (Phi) is 7.96. The van der Waals surface area contributed by atoms with Crippen molar-refractivity contribution in [2.24, 2.45) is 10.8 Å². The SMILES string of the molecule is Cc1ccc(C(OC(=O)C(C)(C)C)c2ccccc2C(OC(=O)C(C)(C)C)c2cccc3ccccc23)cc1. The summed E-state index contributed by atoms with van der Waals surface area (Å²) in [6, 6.07) is 29.9. The van der Waals surface area contributed by atoms with Crippen LogP contribution in [0.25, 0.3) is 10.8 Å². The standard InChI is InChI=1S/C35H38O4/c1-23-19-21-25(22-20-23)30(38-32(36)34(2,3)4)28-16-10-11-17-29(28)31(39-33(37)35(5,6)7)27-18-12-14-24-13-8-9-15-26(24)27/h8-22,30-31H,1-7H3. The first kappa shape index (κ1) is 28.1. The summed E-state index contributed by atoms with van der Waals surface area (Å²) in [5.41, 5.74) is 3.00. The summed E-state index contributed by atoms with van der Waals surface area (Å²) in [5.74, 6) is -0.620. The summed E-state index contributed by atoms with van der Waals surface area (Å²) in [7, 11) is 0. The van der Waals surface area contributed by atoms with Crippen LogP contribution < -0.4 is 0 Å². The fourth-order valence-corrected chi connectivity index (χ4v) is 4.38. The molecule has 0 N–H and O–H groups in total. The molecule has 202 valence electrons. The number of carbonyl (C=O) groups excluding carboxylic acids is 2. The molecule has 0 aliphatic heterocycles. The van der Waals surface area contributed by atoms with Gasteiger partial charge in [0.1, 0.15) is 0 Å². The molecule has 2 unspecified atom stereocenters. The van der Waals surface area contributed by atoms with Crippen molar-refractivity contribution in [2.75, 3.05) is 0 Å². The van der Waals surface area contributed by atoms with Gasteiger partial charge in [-0.15, -0.1) is 0 Å². The lowest BCUT2D eigenvalue weighted by Gasteiger charge is -2.30. The van der Waals surface area contributed by atoms with E-state index in [1.165, 1.54) is 0 Å². The normalized spacial score (nSPS) is 13.5. The van der Waals surface area contributed by atoms with E-state index in [0.717, 1.165) is 38.6 Å². The first-order valence-electron chi connectivity index (χ1n) is 13.4. The smallest absolute Gasteiger partial charge is 0.312 e. The van der Waals surface area contributed by atoms with Crippen LogP contribution in [0, 0.1) is 17.8 Å². The van der Waals surface area contributed by atoms with Crippen LogP contribution in [0.3, 0.4) is 0 Å². The summed E-state index contributed by atoms with van der Waals surface area (Å²) < 4.78 is 12.6. The number of ether oxygens (including phenoxy) is 2. The highest BCUT2D eigenvalue weighted by Crippen LogP contribution is 2.40. The minimum absolute atomic E-state index is 0.309. The van der Waals surface area contributed by atoms with Gasteiger partial charge in [-0.05, 0) is 64.8 Å². The zero-order valence-electron chi connectivity index (χ0n) is 23.9. The third-order valence-corrected chi connectivity index (χ3v) is 6.72. The van der Waals surface area contributed by atoms with Crippen LogP contribution in [-0.4, -0.2) is 11.9 Å². The molecule has 0 aliphatic carbocycles. The molecule has 4 aromatic carbocycles. The van der Waals surface area contributed by atoms with Crippen molar-refractivity contribution < 1.29 is 19.1 Å². The van der Waals surface area contributed by atoms with Crippen molar-refractivity contribution in [1.82, 2.24) is 0 Å². The lowest BCUT2D eigenvalue weighted by atomic mass is 9.88. The van der Waals surface area contributed by atoms with Crippen molar-refractivity contribution >= 4 is 22.7 Å². The predicted octanol–water partition coefficient (Wildman–Crippen LogP) is 8.51. The van der Waals surface area contributed by atoms with Gasteiger partial charge in [-0.25, -0.2) is 0 Å². The maximum atomic E-state index is 13.3. The minimum Gasteiger partial charge on any atom is -0.452 e. The fraction of sp³-hybridized carbons (Fsp3) is 0.314. The molecule has 4 rings (SSSR count). The number of hydrogen-bond donors (Lipinski definition) is 0. The molecule has 0 spiro atoms. The number of benzene rings is 4. The number of fused-ring (bicyclic) bond motifs is 1. The largest absolute Gasteiger partial charge is 0.452 e. The third-order valence-electron chi connectivity index (χ3n) is 6.72. The molecule has 39 heavy (non-hydrogen) atoms. The highest BCUT2D eigenvalue weighted by Gasteiger charge is 2.34.